The Balaban J connectivity index is 2.12. The average molecular weight is 336 g/mol. The second-order valence-corrected chi connectivity index (χ2v) is 5.50. The Bertz CT molecular complexity index is 553. The number of amides is 1. The summed E-state index contributed by atoms with van der Waals surface area (Å²) in [6.45, 7) is 1.82. The number of nitrogens with two attached hydrogens (primary N) is 1. The number of benzene rings is 1. The van der Waals surface area contributed by atoms with Crippen LogP contribution >= 0.6 is 15.9 Å². The zero-order valence-corrected chi connectivity index (χ0v) is 12.8. The minimum atomic E-state index is -0.00648. The van der Waals surface area contributed by atoms with Gasteiger partial charge in [0.05, 0.1) is 0 Å². The van der Waals surface area contributed by atoms with Gasteiger partial charge in [-0.05, 0) is 40.5 Å². The Morgan fingerprint density at radius 1 is 1.30 bits per heavy atom. The number of aromatic nitrogens is 1. The number of aromatic amines is 1. The molecule has 4 nitrogen and oxygen atoms in total. The van der Waals surface area contributed by atoms with Gasteiger partial charge in [0.1, 0.15) is 5.69 Å². The molecule has 1 heterocycles. The van der Waals surface area contributed by atoms with Gasteiger partial charge in [0, 0.05) is 23.8 Å². The number of nitrogens with one attached hydrogen (secondary N) is 1. The molecule has 0 atom stereocenters. The van der Waals surface area contributed by atoms with Crippen molar-refractivity contribution in [2.75, 3.05) is 13.1 Å². The molecule has 0 bridgehead atoms. The molecule has 0 spiro atoms. The van der Waals surface area contributed by atoms with Gasteiger partial charge in [-0.3, -0.25) is 4.79 Å². The van der Waals surface area contributed by atoms with Gasteiger partial charge in [-0.1, -0.05) is 30.3 Å². The molecule has 0 aliphatic rings. The Hall–Kier alpha value is -1.59. The van der Waals surface area contributed by atoms with Crippen molar-refractivity contribution < 1.29 is 4.79 Å². The monoisotopic (exact) mass is 335 g/mol. The number of hydrogen-bond donors (Lipinski definition) is 2. The van der Waals surface area contributed by atoms with E-state index in [0.29, 0.717) is 25.3 Å². The predicted molar refractivity (Wildman–Crippen MR) is 83.3 cm³/mol. The first-order valence-electron chi connectivity index (χ1n) is 6.58. The number of H-pyrrole nitrogens is 1. The first-order chi connectivity index (χ1) is 9.70. The highest BCUT2D eigenvalue weighted by atomic mass is 79.9. The van der Waals surface area contributed by atoms with Crippen molar-refractivity contribution in [1.82, 2.24) is 9.88 Å². The van der Waals surface area contributed by atoms with E-state index in [9.17, 15) is 4.79 Å². The van der Waals surface area contributed by atoms with Crippen molar-refractivity contribution in [3.8, 4) is 0 Å². The Morgan fingerprint density at radius 2 is 2.05 bits per heavy atom. The number of carbonyl (C=O) groups excluding carboxylic acids is 1. The van der Waals surface area contributed by atoms with E-state index in [2.05, 4.69) is 20.9 Å². The fraction of sp³-hybridized carbons (Fsp3) is 0.267. The summed E-state index contributed by atoms with van der Waals surface area (Å²) < 4.78 is 0.874. The average Bonchev–Trinajstić information content (AvgIpc) is 2.90. The molecule has 1 aromatic carbocycles. The van der Waals surface area contributed by atoms with Crippen LogP contribution in [0.1, 0.15) is 22.5 Å². The van der Waals surface area contributed by atoms with Crippen molar-refractivity contribution in [3.63, 3.8) is 0 Å². The normalized spacial score (nSPS) is 10.5. The van der Waals surface area contributed by atoms with Crippen molar-refractivity contribution in [2.24, 2.45) is 5.73 Å². The minimum absolute atomic E-state index is 0.00648. The summed E-state index contributed by atoms with van der Waals surface area (Å²) >= 11 is 3.35. The second-order valence-electron chi connectivity index (χ2n) is 4.59. The Morgan fingerprint density at radius 3 is 2.65 bits per heavy atom. The fourth-order valence-electron chi connectivity index (χ4n) is 2.00. The quantitative estimate of drug-likeness (QED) is 0.852. The molecule has 1 amide bonds. The smallest absolute Gasteiger partial charge is 0.270 e. The summed E-state index contributed by atoms with van der Waals surface area (Å²) in [5, 5.41) is 0. The van der Waals surface area contributed by atoms with Crippen molar-refractivity contribution >= 4 is 21.8 Å². The lowest BCUT2D eigenvalue weighted by molar-refractivity contribution is 0.0737. The SMILES string of the molecule is NCCCN(Cc1ccccc1)C(=O)c1cc(Br)c[nH]1. The number of nitrogens with zero attached hydrogens (tertiary/aromatic N) is 1. The zero-order chi connectivity index (χ0) is 14.4. The minimum Gasteiger partial charge on any atom is -0.356 e. The van der Waals surface area contributed by atoms with Gasteiger partial charge in [0.2, 0.25) is 0 Å². The third-order valence-corrected chi connectivity index (χ3v) is 3.47. The van der Waals surface area contributed by atoms with Gasteiger partial charge < -0.3 is 15.6 Å². The molecule has 0 saturated heterocycles. The van der Waals surface area contributed by atoms with Crippen molar-refractivity contribution in [2.45, 2.75) is 13.0 Å². The summed E-state index contributed by atoms with van der Waals surface area (Å²) in [5.74, 6) is -0.00648. The summed E-state index contributed by atoms with van der Waals surface area (Å²) in [6, 6.07) is 11.8. The summed E-state index contributed by atoms with van der Waals surface area (Å²) in [7, 11) is 0. The fourth-order valence-corrected chi connectivity index (χ4v) is 2.34. The van der Waals surface area contributed by atoms with Crippen LogP contribution in [0.15, 0.2) is 47.1 Å². The molecule has 5 heteroatoms. The van der Waals surface area contributed by atoms with Crippen molar-refractivity contribution in [1.29, 1.82) is 0 Å². The summed E-state index contributed by atoms with van der Waals surface area (Å²) in [4.78, 5) is 17.3. The van der Waals surface area contributed by atoms with E-state index in [-0.39, 0.29) is 5.91 Å². The van der Waals surface area contributed by atoms with Gasteiger partial charge in [0.25, 0.3) is 5.91 Å². The van der Waals surface area contributed by atoms with E-state index in [1.165, 1.54) is 0 Å². The van der Waals surface area contributed by atoms with E-state index in [0.717, 1.165) is 16.5 Å². The van der Waals surface area contributed by atoms with Gasteiger partial charge in [-0.15, -0.1) is 0 Å². The van der Waals surface area contributed by atoms with E-state index in [1.807, 2.05) is 35.2 Å². The number of carbonyl (C=O) groups is 1. The molecule has 0 radical (unpaired) electrons. The van der Waals surface area contributed by atoms with Crippen LogP contribution in [0.5, 0.6) is 0 Å². The molecule has 3 N–H and O–H groups in total. The summed E-state index contributed by atoms with van der Waals surface area (Å²) in [5.41, 5.74) is 7.26. The molecule has 106 valence electrons. The lowest BCUT2D eigenvalue weighted by atomic mass is 10.2. The molecular weight excluding hydrogens is 318 g/mol. The summed E-state index contributed by atoms with van der Waals surface area (Å²) in [6.07, 6.45) is 2.55. The van der Waals surface area contributed by atoms with Crippen LogP contribution in [0.4, 0.5) is 0 Å². The van der Waals surface area contributed by atoms with Gasteiger partial charge >= 0.3 is 0 Å². The van der Waals surface area contributed by atoms with Gasteiger partial charge in [-0.2, -0.15) is 0 Å². The molecule has 2 aromatic rings. The van der Waals surface area contributed by atoms with Crippen LogP contribution in [0.25, 0.3) is 0 Å². The Labute approximate surface area is 127 Å². The predicted octanol–water partition coefficient (Wildman–Crippen LogP) is 2.77. The first kappa shape index (κ1) is 14.8. The molecule has 0 fully saturated rings. The third kappa shape index (κ3) is 3.95. The lowest BCUT2D eigenvalue weighted by Crippen LogP contribution is -2.32. The van der Waals surface area contributed by atoms with Crippen LogP contribution < -0.4 is 5.73 Å². The standard InChI is InChI=1S/C15H18BrN3O/c16-13-9-14(18-10-13)15(20)19(8-4-7-17)11-12-5-2-1-3-6-12/h1-3,5-6,9-10,18H,4,7-8,11,17H2. The number of rotatable bonds is 6. The largest absolute Gasteiger partial charge is 0.356 e. The maximum absolute atomic E-state index is 12.5. The molecule has 0 unspecified atom stereocenters. The molecule has 2 rings (SSSR count). The highest BCUT2D eigenvalue weighted by molar-refractivity contribution is 9.10. The van der Waals surface area contributed by atoms with E-state index >= 15 is 0 Å². The number of hydrogen-bond acceptors (Lipinski definition) is 2. The van der Waals surface area contributed by atoms with Gasteiger partial charge in [-0.25, -0.2) is 0 Å². The van der Waals surface area contributed by atoms with Crippen LogP contribution in [0.3, 0.4) is 0 Å². The van der Waals surface area contributed by atoms with Gasteiger partial charge in [0.15, 0.2) is 0 Å². The molecule has 0 aliphatic heterocycles. The van der Waals surface area contributed by atoms with E-state index in [4.69, 9.17) is 5.73 Å². The highest BCUT2D eigenvalue weighted by Crippen LogP contribution is 2.14. The highest BCUT2D eigenvalue weighted by Gasteiger charge is 2.17. The van der Waals surface area contributed by atoms with E-state index in [1.54, 1.807) is 12.3 Å². The zero-order valence-electron chi connectivity index (χ0n) is 11.2. The number of halogens is 1. The molecule has 1 aromatic heterocycles. The maximum atomic E-state index is 12.5. The van der Waals surface area contributed by atoms with Crippen LogP contribution in [0, 0.1) is 0 Å². The second kappa shape index (κ2) is 7.26. The topological polar surface area (TPSA) is 62.1 Å². The molecule has 20 heavy (non-hydrogen) atoms. The molecule has 0 saturated carbocycles. The maximum Gasteiger partial charge on any atom is 0.270 e. The van der Waals surface area contributed by atoms with Crippen molar-refractivity contribution in [3.05, 3.63) is 58.3 Å². The van der Waals surface area contributed by atoms with E-state index < -0.39 is 0 Å². The molecule has 0 aliphatic carbocycles. The third-order valence-electron chi connectivity index (χ3n) is 3.01. The lowest BCUT2D eigenvalue weighted by Gasteiger charge is -2.22. The first-order valence-corrected chi connectivity index (χ1v) is 7.37. The van der Waals surface area contributed by atoms with Crippen LogP contribution in [-0.2, 0) is 6.54 Å². The Kier molecular flexibility index (Phi) is 5.38. The van der Waals surface area contributed by atoms with Crippen LogP contribution in [-0.4, -0.2) is 28.9 Å². The van der Waals surface area contributed by atoms with Crippen LogP contribution in [0.2, 0.25) is 0 Å². The molecular formula is C15H18BrN3O.